The second kappa shape index (κ2) is 14.8. The summed E-state index contributed by atoms with van der Waals surface area (Å²) >= 11 is 19.8. The fraction of sp³-hybridized carbons (Fsp3) is 0.594. The van der Waals surface area contributed by atoms with Gasteiger partial charge in [-0.3, -0.25) is 4.79 Å². The van der Waals surface area contributed by atoms with Crippen molar-refractivity contribution >= 4 is 71.1 Å². The molecule has 4 aliphatic rings. The summed E-state index contributed by atoms with van der Waals surface area (Å²) in [6, 6.07) is 11.7. The van der Waals surface area contributed by atoms with Crippen molar-refractivity contribution in [2.75, 3.05) is 46.0 Å². The molecular weight excluding hydrogens is 739 g/mol. The average Bonchev–Trinajstić information content (AvgIpc) is 2.96. The summed E-state index contributed by atoms with van der Waals surface area (Å²) in [5.74, 6) is 1.20. The third kappa shape index (κ3) is 9.66. The molecule has 0 aromatic heterocycles. The molecule has 11 heteroatoms. The summed E-state index contributed by atoms with van der Waals surface area (Å²) in [4.78, 5) is 15.3. The number of carbonyl (C=O) groups excluding carboxylic acids is 1. The van der Waals surface area contributed by atoms with Gasteiger partial charge in [-0.25, -0.2) is 8.42 Å². The van der Waals surface area contributed by atoms with E-state index in [-0.39, 0.29) is 11.8 Å². The van der Waals surface area contributed by atoms with E-state index in [9.17, 15) is 4.79 Å². The topological polar surface area (TPSA) is 77.5 Å². The molecule has 3 aliphatic heterocycles. The molecule has 1 amide bonds. The van der Waals surface area contributed by atoms with Gasteiger partial charge in [-0.15, -0.1) is 0 Å². The lowest BCUT2D eigenvalue weighted by molar-refractivity contribution is -0.946. The molecule has 6 nitrogen and oxygen atoms in total. The first kappa shape index (κ1) is 35.2. The van der Waals surface area contributed by atoms with Gasteiger partial charge in [0.2, 0.25) is 0 Å². The van der Waals surface area contributed by atoms with Crippen LogP contribution in [0, 0.1) is 11.3 Å². The van der Waals surface area contributed by atoms with Crippen LogP contribution in [0.4, 0.5) is 0 Å². The maximum absolute atomic E-state index is 13.4. The SMILES string of the molecule is CN(CC(CC[N+]12CCC(C3CCCCC3)(CC1)CC2)c1ccc(Cl)c(Cl)c1)C(=O)c1cc(Br)cc(Br)c1.CS(=O)(=O)[O-]. The van der Waals surface area contributed by atoms with Gasteiger partial charge < -0.3 is 13.9 Å². The van der Waals surface area contributed by atoms with E-state index < -0.39 is 10.1 Å². The molecule has 1 saturated carbocycles. The summed E-state index contributed by atoms with van der Waals surface area (Å²) in [5, 5.41) is 1.16. The predicted octanol–water partition coefficient (Wildman–Crippen LogP) is 8.51. The molecule has 4 fully saturated rings. The summed E-state index contributed by atoms with van der Waals surface area (Å²) in [6.07, 6.45) is 13.1. The van der Waals surface area contributed by atoms with Crippen molar-refractivity contribution in [2.45, 2.75) is 63.7 Å². The van der Waals surface area contributed by atoms with Crippen molar-refractivity contribution < 1.29 is 22.2 Å². The number of hydrogen-bond donors (Lipinski definition) is 0. The van der Waals surface area contributed by atoms with Crippen LogP contribution in [-0.4, -0.2) is 74.3 Å². The second-order valence-corrected chi connectivity index (χ2v) is 16.9. The lowest BCUT2D eigenvalue weighted by Crippen LogP contribution is -2.63. The number of amides is 1. The van der Waals surface area contributed by atoms with E-state index in [0.717, 1.165) is 27.8 Å². The Morgan fingerprint density at radius 2 is 1.56 bits per heavy atom. The van der Waals surface area contributed by atoms with Gasteiger partial charge >= 0.3 is 0 Å². The van der Waals surface area contributed by atoms with E-state index in [0.29, 0.717) is 33.8 Å². The van der Waals surface area contributed by atoms with Crippen LogP contribution in [0.5, 0.6) is 0 Å². The summed E-state index contributed by atoms with van der Waals surface area (Å²) in [6.45, 7) is 5.78. The first-order valence-electron chi connectivity index (χ1n) is 15.1. The lowest BCUT2D eigenvalue weighted by Gasteiger charge is -2.58. The second-order valence-electron chi connectivity index (χ2n) is 12.9. The van der Waals surface area contributed by atoms with Crippen LogP contribution in [0.1, 0.15) is 79.6 Å². The highest BCUT2D eigenvalue weighted by atomic mass is 79.9. The largest absolute Gasteiger partial charge is 0.748 e. The Hall–Kier alpha value is -0.680. The lowest BCUT2D eigenvalue weighted by atomic mass is 9.59. The summed E-state index contributed by atoms with van der Waals surface area (Å²) in [5.41, 5.74) is 2.47. The Morgan fingerprint density at radius 1 is 1.00 bits per heavy atom. The van der Waals surface area contributed by atoms with Gasteiger partial charge in [-0.1, -0.05) is 80.4 Å². The molecule has 3 saturated heterocycles. The zero-order valence-corrected chi connectivity index (χ0v) is 30.5. The van der Waals surface area contributed by atoms with Crippen LogP contribution >= 0.6 is 55.1 Å². The van der Waals surface area contributed by atoms with Gasteiger partial charge in [0.15, 0.2) is 0 Å². The summed E-state index contributed by atoms with van der Waals surface area (Å²) < 4.78 is 30.3. The first-order chi connectivity index (χ1) is 20.2. The highest BCUT2D eigenvalue weighted by Gasteiger charge is 2.52. The predicted molar refractivity (Wildman–Crippen MR) is 181 cm³/mol. The zero-order valence-electron chi connectivity index (χ0n) is 25.0. The third-order valence-corrected chi connectivity index (χ3v) is 11.7. The van der Waals surface area contributed by atoms with Crippen molar-refractivity contribution in [1.29, 1.82) is 0 Å². The number of nitrogens with zero attached hydrogens (tertiary/aromatic N) is 2. The number of carbonyl (C=O) groups is 1. The first-order valence-corrected chi connectivity index (χ1v) is 19.3. The normalized spacial score (nSPS) is 24.6. The number of hydrogen-bond acceptors (Lipinski definition) is 4. The van der Waals surface area contributed by atoms with Crippen LogP contribution in [0.15, 0.2) is 45.3 Å². The number of likely N-dealkylation sites (N-methyl/N-ethyl adjacent to an activating group) is 1. The maximum Gasteiger partial charge on any atom is 0.253 e. The molecule has 1 unspecified atom stereocenters. The molecule has 0 radical (unpaired) electrons. The molecule has 6 rings (SSSR count). The van der Waals surface area contributed by atoms with Gasteiger partial charge in [0.05, 0.1) is 46.3 Å². The Labute approximate surface area is 284 Å². The molecule has 2 bridgehead atoms. The molecular formula is C32H42Br2Cl2N2O4S. The Morgan fingerprint density at radius 3 is 2.09 bits per heavy atom. The third-order valence-electron chi connectivity index (χ3n) is 10.0. The molecule has 0 spiro atoms. The Bertz CT molecular complexity index is 1350. The van der Waals surface area contributed by atoms with E-state index in [1.54, 1.807) is 0 Å². The highest BCUT2D eigenvalue weighted by Crippen LogP contribution is 2.53. The number of rotatable bonds is 8. The van der Waals surface area contributed by atoms with Crippen LogP contribution in [0.2, 0.25) is 10.0 Å². The Balaban J connectivity index is 0.000000782. The van der Waals surface area contributed by atoms with E-state index in [1.165, 1.54) is 81.0 Å². The molecule has 3 heterocycles. The van der Waals surface area contributed by atoms with E-state index in [1.807, 2.05) is 42.3 Å². The number of quaternary nitrogens is 1. The van der Waals surface area contributed by atoms with Gasteiger partial charge in [0, 0.05) is 66.0 Å². The van der Waals surface area contributed by atoms with E-state index >= 15 is 0 Å². The quantitative estimate of drug-likeness (QED) is 0.199. The van der Waals surface area contributed by atoms with E-state index in [4.69, 9.17) is 36.2 Å². The standard InChI is InChI=1S/C31H39Br2Cl2N2O.CH4O3S/c1-36(30(38)24-17-26(32)20-27(33)18-24)21-23(22-7-8-28(34)29(35)19-22)9-13-37-14-10-31(11-15-37,12-16-37)25-5-3-2-4-6-25;1-5(2,3)4/h7-8,17-20,23,25H,2-6,9-16,21H2,1H3;1H3,(H,2,3,4)/q+1;/p-1. The summed E-state index contributed by atoms with van der Waals surface area (Å²) in [7, 11) is -2.01. The van der Waals surface area contributed by atoms with Gasteiger partial charge in [-0.2, -0.15) is 0 Å². The van der Waals surface area contributed by atoms with Crippen LogP contribution < -0.4 is 0 Å². The van der Waals surface area contributed by atoms with Crippen molar-refractivity contribution in [1.82, 2.24) is 4.90 Å². The minimum atomic E-state index is -3.92. The van der Waals surface area contributed by atoms with Gasteiger partial charge in [-0.05, 0) is 60.1 Å². The number of benzene rings is 2. The molecule has 2 aromatic rings. The minimum Gasteiger partial charge on any atom is -0.748 e. The number of halogens is 4. The molecule has 0 N–H and O–H groups in total. The molecule has 2 aromatic carbocycles. The fourth-order valence-electron chi connectivity index (χ4n) is 7.62. The number of fused-ring (bicyclic) bond motifs is 3. The minimum absolute atomic E-state index is 0.0253. The number of piperidine rings is 3. The molecule has 43 heavy (non-hydrogen) atoms. The van der Waals surface area contributed by atoms with Crippen molar-refractivity contribution in [3.8, 4) is 0 Å². The van der Waals surface area contributed by atoms with Crippen molar-refractivity contribution in [3.63, 3.8) is 0 Å². The Kier molecular flexibility index (Phi) is 12.1. The van der Waals surface area contributed by atoms with Crippen LogP contribution in [0.25, 0.3) is 0 Å². The maximum atomic E-state index is 13.4. The smallest absolute Gasteiger partial charge is 0.253 e. The fourth-order valence-corrected chi connectivity index (χ4v) is 9.22. The van der Waals surface area contributed by atoms with Gasteiger partial charge in [0.1, 0.15) is 0 Å². The monoisotopic (exact) mass is 778 g/mol. The zero-order chi connectivity index (χ0) is 31.4. The van der Waals surface area contributed by atoms with Crippen LogP contribution in [-0.2, 0) is 10.1 Å². The van der Waals surface area contributed by atoms with E-state index in [2.05, 4.69) is 37.9 Å². The molecule has 1 aliphatic carbocycles. The highest BCUT2D eigenvalue weighted by molar-refractivity contribution is 9.11. The van der Waals surface area contributed by atoms with Crippen molar-refractivity contribution in [3.05, 3.63) is 66.5 Å². The van der Waals surface area contributed by atoms with Crippen molar-refractivity contribution in [2.24, 2.45) is 11.3 Å². The van der Waals surface area contributed by atoms with Gasteiger partial charge in [0.25, 0.3) is 5.91 Å². The molecule has 1 atom stereocenters. The molecule has 238 valence electrons. The van der Waals surface area contributed by atoms with Crippen LogP contribution in [0.3, 0.4) is 0 Å². The average molecular weight is 781 g/mol.